The van der Waals surface area contributed by atoms with Gasteiger partial charge in [0.05, 0.1) is 18.7 Å². The van der Waals surface area contributed by atoms with E-state index in [1.807, 2.05) is 0 Å². The number of carbonyl (C=O) groups is 1. The van der Waals surface area contributed by atoms with Gasteiger partial charge < -0.3 is 15.2 Å². The number of nitrogens with one attached hydrogen (secondary N) is 1. The number of ether oxygens (including phenoxy) is 1. The van der Waals surface area contributed by atoms with Crippen molar-refractivity contribution >= 4 is 6.09 Å². The molecule has 2 aromatic heterocycles. The zero-order valence-electron chi connectivity index (χ0n) is 11.4. The molecule has 0 unspecified atom stereocenters. The van der Waals surface area contributed by atoms with E-state index in [9.17, 15) is 9.18 Å². The van der Waals surface area contributed by atoms with Crippen molar-refractivity contribution in [3.63, 3.8) is 0 Å². The topological polar surface area (TPSA) is 97.2 Å². The molecule has 0 atom stereocenters. The first-order valence-corrected chi connectivity index (χ1v) is 6.29. The van der Waals surface area contributed by atoms with Crippen LogP contribution in [0.25, 0.3) is 11.4 Å². The standard InChI is InChI=1S/C14H13FN4O3/c15-5-10(6-19-14(20)21)9-22-12-7-17-13(18-8-12)11-1-3-16-4-2-11/h1-5,7-8,19H,6,9H2,(H,20,21)/b10-5+. The number of carboxylic acid groups (broad SMARTS) is 1. The highest BCUT2D eigenvalue weighted by Crippen LogP contribution is 2.15. The van der Waals surface area contributed by atoms with E-state index in [0.29, 0.717) is 17.9 Å². The maximum absolute atomic E-state index is 12.6. The van der Waals surface area contributed by atoms with Crippen LogP contribution in [0, 0.1) is 0 Å². The molecule has 2 N–H and O–H groups in total. The summed E-state index contributed by atoms with van der Waals surface area (Å²) in [5.41, 5.74) is 0.970. The van der Waals surface area contributed by atoms with Gasteiger partial charge in [0.1, 0.15) is 6.61 Å². The number of amides is 1. The SMILES string of the molecule is O=C(O)NC/C(=C\F)COc1cnc(-c2ccncc2)nc1. The monoisotopic (exact) mass is 304 g/mol. The maximum atomic E-state index is 12.6. The third-order valence-corrected chi connectivity index (χ3v) is 2.61. The van der Waals surface area contributed by atoms with Crippen molar-refractivity contribution in [2.24, 2.45) is 0 Å². The third-order valence-electron chi connectivity index (χ3n) is 2.61. The van der Waals surface area contributed by atoms with Gasteiger partial charge in [-0.05, 0) is 12.1 Å². The second kappa shape index (κ2) is 7.67. The van der Waals surface area contributed by atoms with Crippen molar-refractivity contribution in [2.45, 2.75) is 0 Å². The molecule has 0 aliphatic rings. The fraction of sp³-hybridized carbons (Fsp3) is 0.143. The lowest BCUT2D eigenvalue weighted by Crippen LogP contribution is -2.25. The Hall–Kier alpha value is -3.03. The molecule has 2 heterocycles. The molecule has 7 nitrogen and oxygen atoms in total. The molecule has 2 aromatic rings. The summed E-state index contributed by atoms with van der Waals surface area (Å²) in [7, 11) is 0. The summed E-state index contributed by atoms with van der Waals surface area (Å²) >= 11 is 0. The lowest BCUT2D eigenvalue weighted by Gasteiger charge is -2.08. The highest BCUT2D eigenvalue weighted by Gasteiger charge is 2.04. The van der Waals surface area contributed by atoms with E-state index in [1.165, 1.54) is 12.4 Å². The van der Waals surface area contributed by atoms with Gasteiger partial charge in [-0.1, -0.05) is 0 Å². The first kappa shape index (κ1) is 15.4. The fourth-order valence-electron chi connectivity index (χ4n) is 1.53. The summed E-state index contributed by atoms with van der Waals surface area (Å²) in [4.78, 5) is 22.5. The van der Waals surface area contributed by atoms with Crippen molar-refractivity contribution in [3.05, 3.63) is 48.8 Å². The second-order valence-corrected chi connectivity index (χ2v) is 4.19. The van der Waals surface area contributed by atoms with Crippen LogP contribution in [-0.4, -0.2) is 39.3 Å². The van der Waals surface area contributed by atoms with E-state index in [1.54, 1.807) is 24.5 Å². The summed E-state index contributed by atoms with van der Waals surface area (Å²) in [5.74, 6) is 0.871. The molecule has 0 aromatic carbocycles. The number of hydrogen-bond acceptors (Lipinski definition) is 5. The molecule has 0 bridgehead atoms. The lowest BCUT2D eigenvalue weighted by molar-refractivity contribution is 0.195. The number of aromatic nitrogens is 3. The summed E-state index contributed by atoms with van der Waals surface area (Å²) in [6.07, 6.45) is 5.27. The molecule has 0 fully saturated rings. The fourth-order valence-corrected chi connectivity index (χ4v) is 1.53. The van der Waals surface area contributed by atoms with Gasteiger partial charge in [-0.15, -0.1) is 0 Å². The van der Waals surface area contributed by atoms with Gasteiger partial charge in [-0.3, -0.25) is 4.98 Å². The van der Waals surface area contributed by atoms with E-state index in [4.69, 9.17) is 9.84 Å². The molecule has 0 aliphatic heterocycles. The van der Waals surface area contributed by atoms with Crippen LogP contribution < -0.4 is 10.1 Å². The third kappa shape index (κ3) is 4.51. The summed E-state index contributed by atoms with van der Waals surface area (Å²) < 4.78 is 17.9. The van der Waals surface area contributed by atoms with Gasteiger partial charge >= 0.3 is 6.09 Å². The Labute approximate surface area is 125 Å². The number of rotatable bonds is 6. The number of pyridine rings is 1. The van der Waals surface area contributed by atoms with Crippen molar-refractivity contribution in [1.29, 1.82) is 0 Å². The quantitative estimate of drug-likeness (QED) is 0.847. The van der Waals surface area contributed by atoms with Crippen LogP contribution in [-0.2, 0) is 0 Å². The molecule has 114 valence electrons. The maximum Gasteiger partial charge on any atom is 0.404 e. The van der Waals surface area contributed by atoms with Crippen molar-refractivity contribution in [1.82, 2.24) is 20.3 Å². The molecule has 0 aliphatic carbocycles. The Morgan fingerprint density at radius 3 is 2.59 bits per heavy atom. The molecule has 22 heavy (non-hydrogen) atoms. The van der Waals surface area contributed by atoms with Gasteiger partial charge in [-0.25, -0.2) is 19.2 Å². The molecule has 0 radical (unpaired) electrons. The van der Waals surface area contributed by atoms with E-state index in [-0.39, 0.29) is 18.7 Å². The van der Waals surface area contributed by atoms with Gasteiger partial charge in [0.15, 0.2) is 11.6 Å². The van der Waals surface area contributed by atoms with Crippen LogP contribution in [0.2, 0.25) is 0 Å². The Morgan fingerprint density at radius 2 is 2.00 bits per heavy atom. The second-order valence-electron chi connectivity index (χ2n) is 4.19. The number of nitrogens with zero attached hydrogens (tertiary/aromatic N) is 3. The van der Waals surface area contributed by atoms with Crippen LogP contribution in [0.1, 0.15) is 0 Å². The Kier molecular flexibility index (Phi) is 5.36. The Morgan fingerprint density at radius 1 is 1.32 bits per heavy atom. The first-order valence-electron chi connectivity index (χ1n) is 6.29. The van der Waals surface area contributed by atoms with Crippen LogP contribution in [0.5, 0.6) is 5.75 Å². The number of hydrogen-bond donors (Lipinski definition) is 2. The van der Waals surface area contributed by atoms with Gasteiger partial charge in [0.2, 0.25) is 0 Å². The molecule has 0 saturated carbocycles. The summed E-state index contributed by atoms with van der Waals surface area (Å²) in [5, 5.41) is 10.5. The van der Waals surface area contributed by atoms with Crippen molar-refractivity contribution in [2.75, 3.05) is 13.2 Å². The number of halogens is 1. The summed E-state index contributed by atoms with van der Waals surface area (Å²) in [6.45, 7) is -0.253. The largest absolute Gasteiger partial charge is 0.486 e. The highest BCUT2D eigenvalue weighted by atomic mass is 19.1. The molecule has 1 amide bonds. The van der Waals surface area contributed by atoms with Crippen LogP contribution >= 0.6 is 0 Å². The highest BCUT2D eigenvalue weighted by molar-refractivity contribution is 5.64. The molecule has 0 spiro atoms. The summed E-state index contributed by atoms with van der Waals surface area (Å²) in [6, 6.07) is 3.55. The van der Waals surface area contributed by atoms with Gasteiger partial charge in [0, 0.05) is 30.1 Å². The van der Waals surface area contributed by atoms with Gasteiger partial charge in [-0.2, -0.15) is 0 Å². The van der Waals surface area contributed by atoms with Crippen molar-refractivity contribution < 1.29 is 19.0 Å². The Bertz CT molecular complexity index is 647. The molecule has 0 saturated heterocycles. The average Bonchev–Trinajstić information content (AvgIpc) is 2.56. The zero-order valence-corrected chi connectivity index (χ0v) is 11.4. The Balaban J connectivity index is 1.93. The predicted octanol–water partition coefficient (Wildman–Crippen LogP) is 2.04. The minimum Gasteiger partial charge on any atom is -0.486 e. The minimum atomic E-state index is -1.23. The van der Waals surface area contributed by atoms with Crippen LogP contribution in [0.15, 0.2) is 48.8 Å². The van der Waals surface area contributed by atoms with E-state index >= 15 is 0 Å². The molecular weight excluding hydrogens is 291 g/mol. The van der Waals surface area contributed by atoms with E-state index in [0.717, 1.165) is 5.56 Å². The minimum absolute atomic E-state index is 0.102. The molecule has 2 rings (SSSR count). The smallest absolute Gasteiger partial charge is 0.404 e. The van der Waals surface area contributed by atoms with Gasteiger partial charge in [0.25, 0.3) is 0 Å². The first-order chi connectivity index (χ1) is 10.7. The van der Waals surface area contributed by atoms with Crippen LogP contribution in [0.3, 0.4) is 0 Å². The van der Waals surface area contributed by atoms with E-state index in [2.05, 4.69) is 20.3 Å². The van der Waals surface area contributed by atoms with Crippen molar-refractivity contribution in [3.8, 4) is 17.1 Å². The zero-order chi connectivity index (χ0) is 15.8. The molecular formula is C14H13FN4O3. The van der Waals surface area contributed by atoms with Crippen LogP contribution in [0.4, 0.5) is 9.18 Å². The normalized spacial score (nSPS) is 11.0. The van der Waals surface area contributed by atoms with E-state index < -0.39 is 6.09 Å². The molecule has 8 heteroatoms. The lowest BCUT2D eigenvalue weighted by atomic mass is 10.2. The predicted molar refractivity (Wildman–Crippen MR) is 76.0 cm³/mol. The average molecular weight is 304 g/mol.